The van der Waals surface area contributed by atoms with Gasteiger partial charge in [0.1, 0.15) is 5.82 Å². The molecular weight excluding hydrogens is 296 g/mol. The zero-order valence-electron chi connectivity index (χ0n) is 11.0. The van der Waals surface area contributed by atoms with Crippen molar-refractivity contribution < 1.29 is 4.39 Å². The number of benzene rings is 2. The van der Waals surface area contributed by atoms with Gasteiger partial charge in [0.15, 0.2) is 0 Å². The molecule has 0 aliphatic heterocycles. The summed E-state index contributed by atoms with van der Waals surface area (Å²) in [5, 5.41) is 1.07. The second-order valence-electron chi connectivity index (χ2n) is 4.85. The van der Waals surface area contributed by atoms with Gasteiger partial charge in [-0.05, 0) is 54.6 Å². The zero-order chi connectivity index (χ0) is 14.5. The Kier molecular flexibility index (Phi) is 5.41. The van der Waals surface area contributed by atoms with E-state index in [1.807, 2.05) is 18.2 Å². The molecule has 2 rings (SSSR count). The molecule has 0 amide bonds. The molecular formula is C16H16Cl2FN. The molecule has 0 fully saturated rings. The van der Waals surface area contributed by atoms with Crippen molar-refractivity contribution in [1.82, 2.24) is 0 Å². The largest absolute Gasteiger partial charge is 0.330 e. The van der Waals surface area contributed by atoms with Gasteiger partial charge in [0.25, 0.3) is 0 Å². The molecule has 0 saturated heterocycles. The second-order valence-corrected chi connectivity index (χ2v) is 5.66. The quantitative estimate of drug-likeness (QED) is 0.865. The van der Waals surface area contributed by atoms with Crippen LogP contribution in [-0.4, -0.2) is 6.54 Å². The lowest BCUT2D eigenvalue weighted by molar-refractivity contribution is 0.512. The Hall–Kier alpha value is -1.09. The van der Waals surface area contributed by atoms with Crippen molar-refractivity contribution in [2.75, 3.05) is 6.54 Å². The van der Waals surface area contributed by atoms with Gasteiger partial charge in [-0.2, -0.15) is 0 Å². The molecule has 4 heteroatoms. The number of hydrogen-bond donors (Lipinski definition) is 1. The fourth-order valence-electron chi connectivity index (χ4n) is 2.21. The van der Waals surface area contributed by atoms with Gasteiger partial charge in [0.05, 0.1) is 10.0 Å². The Labute approximate surface area is 128 Å². The van der Waals surface area contributed by atoms with Gasteiger partial charge in [-0.15, -0.1) is 0 Å². The standard InChI is InChI=1S/C16H16Cl2FN/c17-14-6-5-11(9-15(14)18)7-12(10-20)8-13-3-1-2-4-16(13)19/h1-6,9,12H,7-8,10,20H2. The minimum absolute atomic E-state index is 0.171. The summed E-state index contributed by atoms with van der Waals surface area (Å²) >= 11 is 11.9. The van der Waals surface area contributed by atoms with Crippen molar-refractivity contribution in [3.05, 3.63) is 69.5 Å². The van der Waals surface area contributed by atoms with E-state index in [0.29, 0.717) is 28.6 Å². The van der Waals surface area contributed by atoms with Crippen molar-refractivity contribution in [2.24, 2.45) is 11.7 Å². The van der Waals surface area contributed by atoms with Crippen molar-refractivity contribution in [2.45, 2.75) is 12.8 Å². The van der Waals surface area contributed by atoms with Crippen LogP contribution in [0.4, 0.5) is 4.39 Å². The number of hydrogen-bond acceptors (Lipinski definition) is 1. The van der Waals surface area contributed by atoms with Crippen LogP contribution in [0.25, 0.3) is 0 Å². The van der Waals surface area contributed by atoms with Crippen LogP contribution in [0.2, 0.25) is 10.0 Å². The zero-order valence-corrected chi connectivity index (χ0v) is 12.5. The third-order valence-corrected chi connectivity index (χ3v) is 4.05. The predicted molar refractivity (Wildman–Crippen MR) is 82.8 cm³/mol. The summed E-state index contributed by atoms with van der Waals surface area (Å²) in [6.45, 7) is 0.495. The van der Waals surface area contributed by atoms with E-state index in [-0.39, 0.29) is 11.7 Å². The van der Waals surface area contributed by atoms with Crippen LogP contribution in [0.15, 0.2) is 42.5 Å². The van der Waals surface area contributed by atoms with Crippen molar-refractivity contribution >= 4 is 23.2 Å². The van der Waals surface area contributed by atoms with Gasteiger partial charge in [0.2, 0.25) is 0 Å². The van der Waals surface area contributed by atoms with E-state index in [1.54, 1.807) is 18.2 Å². The number of rotatable bonds is 5. The molecule has 0 radical (unpaired) electrons. The molecule has 0 heterocycles. The van der Waals surface area contributed by atoms with Crippen LogP contribution in [0.5, 0.6) is 0 Å². The molecule has 106 valence electrons. The van der Waals surface area contributed by atoms with Crippen LogP contribution in [0.3, 0.4) is 0 Å². The Balaban J connectivity index is 2.09. The van der Waals surface area contributed by atoms with Crippen LogP contribution >= 0.6 is 23.2 Å². The van der Waals surface area contributed by atoms with Crippen LogP contribution < -0.4 is 5.73 Å². The summed E-state index contributed by atoms with van der Waals surface area (Å²) in [5.41, 5.74) is 7.56. The molecule has 2 aromatic carbocycles. The van der Waals surface area contributed by atoms with E-state index >= 15 is 0 Å². The summed E-state index contributed by atoms with van der Waals surface area (Å²) in [6, 6.07) is 12.3. The molecule has 0 spiro atoms. The first-order valence-corrected chi connectivity index (χ1v) is 7.23. The van der Waals surface area contributed by atoms with Crippen molar-refractivity contribution in [3.8, 4) is 0 Å². The lowest BCUT2D eigenvalue weighted by Gasteiger charge is -2.15. The smallest absolute Gasteiger partial charge is 0.126 e. The second kappa shape index (κ2) is 7.07. The van der Waals surface area contributed by atoms with E-state index in [0.717, 1.165) is 12.0 Å². The molecule has 2 aromatic rings. The highest BCUT2D eigenvalue weighted by Gasteiger charge is 2.12. The fraction of sp³-hybridized carbons (Fsp3) is 0.250. The summed E-state index contributed by atoms with van der Waals surface area (Å²) in [6.07, 6.45) is 1.37. The first kappa shape index (κ1) is 15.3. The van der Waals surface area contributed by atoms with Gasteiger partial charge >= 0.3 is 0 Å². The first-order valence-electron chi connectivity index (χ1n) is 6.47. The molecule has 0 saturated carbocycles. The van der Waals surface area contributed by atoms with Gasteiger partial charge in [-0.1, -0.05) is 47.5 Å². The molecule has 0 bridgehead atoms. The van der Waals surface area contributed by atoms with E-state index in [4.69, 9.17) is 28.9 Å². The lowest BCUT2D eigenvalue weighted by atomic mass is 9.92. The fourth-order valence-corrected chi connectivity index (χ4v) is 2.53. The summed E-state index contributed by atoms with van der Waals surface area (Å²) in [4.78, 5) is 0. The Morgan fingerprint density at radius 1 is 1.00 bits per heavy atom. The lowest BCUT2D eigenvalue weighted by Crippen LogP contribution is -2.20. The van der Waals surface area contributed by atoms with Crippen LogP contribution in [-0.2, 0) is 12.8 Å². The monoisotopic (exact) mass is 311 g/mol. The third kappa shape index (κ3) is 3.95. The molecule has 20 heavy (non-hydrogen) atoms. The van der Waals surface area contributed by atoms with Crippen molar-refractivity contribution in [1.29, 1.82) is 0 Å². The Morgan fingerprint density at radius 3 is 2.40 bits per heavy atom. The van der Waals surface area contributed by atoms with Gasteiger partial charge in [-0.3, -0.25) is 0 Å². The highest BCUT2D eigenvalue weighted by atomic mass is 35.5. The van der Waals surface area contributed by atoms with E-state index in [2.05, 4.69) is 0 Å². The van der Waals surface area contributed by atoms with Gasteiger partial charge in [-0.25, -0.2) is 4.39 Å². The topological polar surface area (TPSA) is 26.0 Å². The highest BCUT2D eigenvalue weighted by Crippen LogP contribution is 2.24. The van der Waals surface area contributed by atoms with Crippen LogP contribution in [0.1, 0.15) is 11.1 Å². The maximum atomic E-state index is 13.7. The summed E-state index contributed by atoms with van der Waals surface area (Å²) in [5.74, 6) is -0.00997. The number of halogens is 3. The average Bonchev–Trinajstić information content (AvgIpc) is 2.44. The van der Waals surface area contributed by atoms with E-state index < -0.39 is 0 Å². The molecule has 1 nitrogen and oxygen atoms in total. The Morgan fingerprint density at radius 2 is 1.75 bits per heavy atom. The molecule has 0 aliphatic carbocycles. The summed E-state index contributed by atoms with van der Waals surface area (Å²) < 4.78 is 13.7. The van der Waals surface area contributed by atoms with Gasteiger partial charge in [0, 0.05) is 0 Å². The first-order chi connectivity index (χ1) is 9.60. The maximum Gasteiger partial charge on any atom is 0.126 e. The minimum atomic E-state index is -0.180. The molecule has 1 unspecified atom stereocenters. The highest BCUT2D eigenvalue weighted by molar-refractivity contribution is 6.42. The molecule has 0 aliphatic rings. The minimum Gasteiger partial charge on any atom is -0.330 e. The van der Waals surface area contributed by atoms with E-state index in [9.17, 15) is 4.39 Å². The SMILES string of the molecule is NCC(Cc1ccc(Cl)c(Cl)c1)Cc1ccccc1F. The predicted octanol–water partition coefficient (Wildman–Crippen LogP) is 4.49. The van der Waals surface area contributed by atoms with Gasteiger partial charge < -0.3 is 5.73 Å². The maximum absolute atomic E-state index is 13.7. The normalized spacial score (nSPS) is 12.4. The van der Waals surface area contributed by atoms with E-state index in [1.165, 1.54) is 6.07 Å². The molecule has 1 atom stereocenters. The molecule has 2 N–H and O–H groups in total. The van der Waals surface area contributed by atoms with Crippen LogP contribution in [0, 0.1) is 11.7 Å². The Bertz CT molecular complexity index is 586. The average molecular weight is 312 g/mol. The van der Waals surface area contributed by atoms with Crippen molar-refractivity contribution in [3.63, 3.8) is 0 Å². The third-order valence-electron chi connectivity index (χ3n) is 3.31. The molecule has 0 aromatic heterocycles. The number of nitrogens with two attached hydrogens (primary N) is 1. The summed E-state index contributed by atoms with van der Waals surface area (Å²) in [7, 11) is 0.